The monoisotopic (exact) mass is 328 g/mol. The highest BCUT2D eigenvalue weighted by molar-refractivity contribution is 9.10. The Labute approximate surface area is 120 Å². The Morgan fingerprint density at radius 1 is 1.47 bits per heavy atom. The van der Waals surface area contributed by atoms with Gasteiger partial charge in [-0.1, -0.05) is 0 Å². The third-order valence-electron chi connectivity index (χ3n) is 2.67. The molecule has 1 rings (SSSR count). The van der Waals surface area contributed by atoms with Crippen molar-refractivity contribution in [1.29, 1.82) is 0 Å². The van der Waals surface area contributed by atoms with E-state index in [1.807, 2.05) is 6.92 Å². The van der Waals surface area contributed by atoms with Gasteiger partial charge in [0.05, 0.1) is 0 Å². The second kappa shape index (κ2) is 7.13. The van der Waals surface area contributed by atoms with Crippen molar-refractivity contribution >= 4 is 33.5 Å². The molecule has 0 aliphatic rings. The number of nitrogen functional groups attached to an aromatic ring is 1. The molecular weight excluding hydrogens is 312 g/mol. The van der Waals surface area contributed by atoms with E-state index >= 15 is 0 Å². The third kappa shape index (κ3) is 5.30. The molecule has 0 bridgehead atoms. The molecule has 0 aliphatic carbocycles. The van der Waals surface area contributed by atoms with Crippen LogP contribution < -0.4 is 11.1 Å². The van der Waals surface area contributed by atoms with Crippen LogP contribution >= 0.6 is 15.9 Å². The van der Waals surface area contributed by atoms with Crippen LogP contribution in [0.4, 0.5) is 5.69 Å². The van der Waals surface area contributed by atoms with Crippen molar-refractivity contribution < 1.29 is 14.7 Å². The topological polar surface area (TPSA) is 92.4 Å². The molecule has 5 nitrogen and oxygen atoms in total. The average molecular weight is 329 g/mol. The molecule has 0 aliphatic heterocycles. The van der Waals surface area contributed by atoms with E-state index in [1.54, 1.807) is 18.2 Å². The van der Waals surface area contributed by atoms with Gasteiger partial charge in [-0.2, -0.15) is 0 Å². The maximum atomic E-state index is 11.9. The summed E-state index contributed by atoms with van der Waals surface area (Å²) in [5.74, 6) is -1.01. The van der Waals surface area contributed by atoms with Gasteiger partial charge in [0.25, 0.3) is 5.91 Å². The number of amides is 1. The fraction of sp³-hybridized carbons (Fsp3) is 0.385. The number of benzene rings is 1. The van der Waals surface area contributed by atoms with Crippen LogP contribution in [0.25, 0.3) is 0 Å². The van der Waals surface area contributed by atoms with E-state index in [1.165, 1.54) is 0 Å². The number of carbonyl (C=O) groups is 2. The molecule has 0 saturated heterocycles. The molecule has 19 heavy (non-hydrogen) atoms. The van der Waals surface area contributed by atoms with Gasteiger partial charge in [-0.15, -0.1) is 0 Å². The van der Waals surface area contributed by atoms with Crippen LogP contribution in [0.1, 0.15) is 36.5 Å². The lowest BCUT2D eigenvalue weighted by molar-refractivity contribution is -0.137. The zero-order valence-electron chi connectivity index (χ0n) is 10.6. The minimum absolute atomic E-state index is 0.0665. The SMILES string of the molecule is CC(CCCC(=O)O)NC(=O)c1ccc(N)c(Br)c1. The highest BCUT2D eigenvalue weighted by Gasteiger charge is 2.11. The quantitative estimate of drug-likeness (QED) is 0.699. The number of hydrogen-bond donors (Lipinski definition) is 3. The van der Waals surface area contributed by atoms with Crippen LogP contribution in [0.3, 0.4) is 0 Å². The fourth-order valence-corrected chi connectivity index (χ4v) is 1.99. The van der Waals surface area contributed by atoms with E-state index in [2.05, 4.69) is 21.2 Å². The minimum Gasteiger partial charge on any atom is -0.481 e. The van der Waals surface area contributed by atoms with Gasteiger partial charge in [0.2, 0.25) is 0 Å². The Morgan fingerprint density at radius 2 is 2.16 bits per heavy atom. The predicted octanol–water partition coefficient (Wildman–Crippen LogP) is 2.40. The van der Waals surface area contributed by atoms with Gasteiger partial charge in [0.1, 0.15) is 0 Å². The number of nitrogens with two attached hydrogens (primary N) is 1. The first-order valence-corrected chi connectivity index (χ1v) is 6.77. The van der Waals surface area contributed by atoms with Gasteiger partial charge in [0, 0.05) is 28.2 Å². The minimum atomic E-state index is -0.819. The first-order valence-electron chi connectivity index (χ1n) is 5.98. The Bertz CT molecular complexity index is 477. The molecule has 0 spiro atoms. The highest BCUT2D eigenvalue weighted by Crippen LogP contribution is 2.20. The number of aliphatic carboxylic acids is 1. The molecule has 0 heterocycles. The number of carbonyl (C=O) groups excluding carboxylic acids is 1. The molecule has 0 saturated carbocycles. The Kier molecular flexibility index (Phi) is 5.82. The summed E-state index contributed by atoms with van der Waals surface area (Å²) in [5.41, 5.74) is 6.74. The number of carboxylic acids is 1. The largest absolute Gasteiger partial charge is 0.481 e. The van der Waals surface area contributed by atoms with Gasteiger partial charge >= 0.3 is 5.97 Å². The maximum absolute atomic E-state index is 11.9. The first kappa shape index (κ1) is 15.5. The van der Waals surface area contributed by atoms with Gasteiger partial charge in [-0.25, -0.2) is 0 Å². The number of nitrogens with one attached hydrogen (secondary N) is 1. The van der Waals surface area contributed by atoms with Gasteiger partial charge in [-0.3, -0.25) is 9.59 Å². The lowest BCUT2D eigenvalue weighted by Crippen LogP contribution is -2.32. The van der Waals surface area contributed by atoms with Crippen molar-refractivity contribution in [2.24, 2.45) is 0 Å². The van der Waals surface area contributed by atoms with Crippen molar-refractivity contribution in [3.05, 3.63) is 28.2 Å². The van der Waals surface area contributed by atoms with E-state index in [9.17, 15) is 9.59 Å². The van der Waals surface area contributed by atoms with Crippen molar-refractivity contribution in [3.8, 4) is 0 Å². The number of anilines is 1. The molecule has 0 aromatic heterocycles. The van der Waals surface area contributed by atoms with Crippen molar-refractivity contribution in [3.63, 3.8) is 0 Å². The summed E-state index contributed by atoms with van der Waals surface area (Å²) in [6.07, 6.45) is 1.30. The normalized spacial score (nSPS) is 11.9. The molecular formula is C13H17BrN2O3. The fourth-order valence-electron chi connectivity index (χ4n) is 1.61. The summed E-state index contributed by atoms with van der Waals surface area (Å²) < 4.78 is 0.679. The van der Waals surface area contributed by atoms with E-state index in [-0.39, 0.29) is 18.4 Å². The van der Waals surface area contributed by atoms with E-state index < -0.39 is 5.97 Å². The van der Waals surface area contributed by atoms with Crippen molar-refractivity contribution in [2.45, 2.75) is 32.2 Å². The molecule has 1 unspecified atom stereocenters. The maximum Gasteiger partial charge on any atom is 0.303 e. The number of hydrogen-bond acceptors (Lipinski definition) is 3. The zero-order chi connectivity index (χ0) is 14.4. The Balaban J connectivity index is 2.49. The standard InChI is InChI=1S/C13H17BrN2O3/c1-8(3-2-4-12(17)18)16-13(19)9-5-6-11(15)10(14)7-9/h5-8H,2-4,15H2,1H3,(H,16,19)(H,17,18). The Morgan fingerprint density at radius 3 is 2.74 bits per heavy atom. The Hall–Kier alpha value is -1.56. The molecule has 1 aromatic rings. The van der Waals surface area contributed by atoms with Gasteiger partial charge < -0.3 is 16.2 Å². The summed E-state index contributed by atoms with van der Waals surface area (Å²) >= 11 is 3.27. The zero-order valence-corrected chi connectivity index (χ0v) is 12.2. The van der Waals surface area contributed by atoms with Crippen molar-refractivity contribution in [2.75, 3.05) is 5.73 Å². The van der Waals surface area contributed by atoms with Crippen LogP contribution in [-0.2, 0) is 4.79 Å². The van der Waals surface area contributed by atoms with Crippen LogP contribution in [0.15, 0.2) is 22.7 Å². The summed E-state index contributed by atoms with van der Waals surface area (Å²) in [4.78, 5) is 22.3. The molecule has 0 radical (unpaired) electrons. The van der Waals surface area contributed by atoms with Gasteiger partial charge in [-0.05, 0) is 53.9 Å². The summed E-state index contributed by atoms with van der Waals surface area (Å²) in [7, 11) is 0. The molecule has 1 atom stereocenters. The van der Waals surface area contributed by atoms with E-state index in [4.69, 9.17) is 10.8 Å². The van der Waals surface area contributed by atoms with Crippen LogP contribution in [0.2, 0.25) is 0 Å². The van der Waals surface area contributed by atoms with Crippen molar-refractivity contribution in [1.82, 2.24) is 5.32 Å². The molecule has 104 valence electrons. The van der Waals surface area contributed by atoms with Crippen LogP contribution in [0, 0.1) is 0 Å². The average Bonchev–Trinajstić information content (AvgIpc) is 2.32. The number of halogens is 1. The predicted molar refractivity (Wildman–Crippen MR) is 77.0 cm³/mol. The van der Waals surface area contributed by atoms with E-state index in [0.29, 0.717) is 28.6 Å². The van der Waals surface area contributed by atoms with E-state index in [0.717, 1.165) is 0 Å². The molecule has 1 amide bonds. The third-order valence-corrected chi connectivity index (χ3v) is 3.35. The first-order chi connectivity index (χ1) is 8.90. The summed E-state index contributed by atoms with van der Waals surface area (Å²) in [6, 6.07) is 4.91. The lowest BCUT2D eigenvalue weighted by Gasteiger charge is -2.13. The molecule has 4 N–H and O–H groups in total. The second-order valence-corrected chi connectivity index (χ2v) is 5.25. The smallest absolute Gasteiger partial charge is 0.303 e. The molecule has 1 aromatic carbocycles. The highest BCUT2D eigenvalue weighted by atomic mass is 79.9. The van der Waals surface area contributed by atoms with Crippen LogP contribution in [0.5, 0.6) is 0 Å². The number of carboxylic acid groups (broad SMARTS) is 1. The van der Waals surface area contributed by atoms with Gasteiger partial charge in [0.15, 0.2) is 0 Å². The summed E-state index contributed by atoms with van der Waals surface area (Å²) in [6.45, 7) is 1.85. The number of rotatable bonds is 6. The summed E-state index contributed by atoms with van der Waals surface area (Å²) in [5, 5.41) is 11.4. The molecule has 0 fully saturated rings. The van der Waals surface area contributed by atoms with Crippen LogP contribution in [-0.4, -0.2) is 23.0 Å². The lowest BCUT2D eigenvalue weighted by atomic mass is 10.1. The molecule has 6 heteroatoms. The second-order valence-electron chi connectivity index (χ2n) is 4.40.